The second-order valence-electron chi connectivity index (χ2n) is 6.14. The largest absolute Gasteiger partial charge is 0.459 e. The molecule has 7 heteroatoms. The maximum atomic E-state index is 12.7. The van der Waals surface area contributed by atoms with E-state index < -0.39 is 16.8 Å². The minimum atomic E-state index is -0.601. The molecule has 0 saturated carbocycles. The van der Waals surface area contributed by atoms with Gasteiger partial charge in [0.05, 0.1) is 11.4 Å². The number of nitrogens with two attached hydrogens (primary N) is 1. The van der Waals surface area contributed by atoms with E-state index in [4.69, 9.17) is 15.2 Å². The molecule has 1 aromatic rings. The highest BCUT2D eigenvalue weighted by molar-refractivity contribution is 8.01. The van der Waals surface area contributed by atoms with Gasteiger partial charge >= 0.3 is 5.97 Å². The fraction of sp³-hybridized carbons (Fsp3) is 0.500. The average molecular weight is 334 g/mol. The normalized spacial score (nSPS) is 35.3. The third-order valence-corrected chi connectivity index (χ3v) is 6.49. The molecule has 0 bridgehead atoms. The molecule has 3 heterocycles. The van der Waals surface area contributed by atoms with Crippen LogP contribution in [-0.4, -0.2) is 52.2 Å². The lowest BCUT2D eigenvalue weighted by Crippen LogP contribution is -2.69. The zero-order valence-electron chi connectivity index (χ0n) is 12.5. The lowest BCUT2D eigenvalue weighted by Gasteiger charge is -2.41. The molecular formula is C16H18N2O4S. The van der Waals surface area contributed by atoms with Crippen LogP contribution in [-0.2, 0) is 25.7 Å². The Bertz CT molecular complexity index is 632. The third kappa shape index (κ3) is 2.26. The number of nitrogens with zero attached hydrogens (tertiary/aromatic N) is 1. The van der Waals surface area contributed by atoms with E-state index >= 15 is 0 Å². The van der Waals surface area contributed by atoms with Crippen LogP contribution in [0.4, 0.5) is 0 Å². The van der Waals surface area contributed by atoms with Crippen molar-refractivity contribution in [1.29, 1.82) is 0 Å². The number of benzene rings is 1. The minimum Gasteiger partial charge on any atom is -0.459 e. The number of amides is 1. The van der Waals surface area contributed by atoms with Gasteiger partial charge in [-0.1, -0.05) is 30.3 Å². The van der Waals surface area contributed by atoms with Crippen LogP contribution in [0.5, 0.6) is 0 Å². The van der Waals surface area contributed by atoms with Crippen LogP contribution in [0.25, 0.3) is 0 Å². The summed E-state index contributed by atoms with van der Waals surface area (Å²) in [4.78, 5) is 26.4. The molecule has 4 unspecified atom stereocenters. The average Bonchev–Trinajstić information content (AvgIpc) is 3.17. The van der Waals surface area contributed by atoms with Crippen LogP contribution >= 0.6 is 11.8 Å². The van der Waals surface area contributed by atoms with Gasteiger partial charge in [-0.2, -0.15) is 0 Å². The highest BCUT2D eigenvalue weighted by atomic mass is 32.2. The first-order valence-electron chi connectivity index (χ1n) is 7.66. The van der Waals surface area contributed by atoms with Gasteiger partial charge in [-0.25, -0.2) is 4.79 Å². The second kappa shape index (κ2) is 5.51. The topological polar surface area (TPSA) is 81.9 Å². The van der Waals surface area contributed by atoms with Crippen LogP contribution in [0.2, 0.25) is 0 Å². The van der Waals surface area contributed by atoms with Crippen molar-refractivity contribution in [3.63, 3.8) is 0 Å². The molecule has 3 aliphatic heterocycles. The van der Waals surface area contributed by atoms with E-state index in [1.165, 1.54) is 0 Å². The van der Waals surface area contributed by atoms with Gasteiger partial charge in [-0.05, 0) is 12.0 Å². The lowest BCUT2D eigenvalue weighted by atomic mass is 9.93. The summed E-state index contributed by atoms with van der Waals surface area (Å²) in [6, 6.07) is 8.38. The van der Waals surface area contributed by atoms with E-state index in [-0.39, 0.29) is 23.9 Å². The molecule has 122 valence electrons. The third-order valence-electron chi connectivity index (χ3n) is 4.72. The van der Waals surface area contributed by atoms with Gasteiger partial charge < -0.3 is 20.1 Å². The molecule has 3 fully saturated rings. The number of ether oxygens (including phenoxy) is 2. The summed E-state index contributed by atoms with van der Waals surface area (Å²) in [5, 5.41) is -0.140. The Morgan fingerprint density at radius 3 is 2.91 bits per heavy atom. The Morgan fingerprint density at radius 2 is 2.22 bits per heavy atom. The first-order valence-corrected chi connectivity index (χ1v) is 8.54. The molecular weight excluding hydrogens is 316 g/mol. The summed E-state index contributed by atoms with van der Waals surface area (Å²) < 4.78 is 10.6. The van der Waals surface area contributed by atoms with Crippen molar-refractivity contribution in [2.75, 3.05) is 13.2 Å². The highest BCUT2D eigenvalue weighted by Crippen LogP contribution is 2.54. The molecule has 0 aliphatic carbocycles. The van der Waals surface area contributed by atoms with Gasteiger partial charge in [0.1, 0.15) is 24.1 Å². The van der Waals surface area contributed by atoms with Gasteiger partial charge in [-0.15, -0.1) is 11.8 Å². The Morgan fingerprint density at radius 1 is 1.43 bits per heavy atom. The van der Waals surface area contributed by atoms with Gasteiger partial charge in [0.2, 0.25) is 5.91 Å². The molecule has 1 spiro atoms. The number of hydrogen-bond acceptors (Lipinski definition) is 6. The predicted molar refractivity (Wildman–Crippen MR) is 84.4 cm³/mol. The number of carbonyl (C=O) groups is 2. The number of carbonyl (C=O) groups excluding carboxylic acids is 2. The molecule has 0 aromatic heterocycles. The number of thioether (sulfide) groups is 1. The summed E-state index contributed by atoms with van der Waals surface area (Å²) in [7, 11) is 0. The fourth-order valence-corrected chi connectivity index (χ4v) is 5.25. The molecule has 6 nitrogen and oxygen atoms in total. The molecule has 2 N–H and O–H groups in total. The first kappa shape index (κ1) is 15.0. The summed E-state index contributed by atoms with van der Waals surface area (Å²) in [6.07, 6.45) is 0.732. The monoisotopic (exact) mass is 334 g/mol. The smallest absolute Gasteiger partial charge is 0.330 e. The summed E-state index contributed by atoms with van der Waals surface area (Å²) in [6.45, 7) is 1.26. The maximum Gasteiger partial charge on any atom is 0.330 e. The summed E-state index contributed by atoms with van der Waals surface area (Å²) >= 11 is 1.59. The molecule has 23 heavy (non-hydrogen) atoms. The molecule has 4 rings (SSSR count). The van der Waals surface area contributed by atoms with Gasteiger partial charge in [0.25, 0.3) is 0 Å². The second-order valence-corrected chi connectivity index (χ2v) is 7.67. The fourth-order valence-electron chi connectivity index (χ4n) is 3.48. The predicted octanol–water partition coefficient (Wildman–Crippen LogP) is 0.500. The van der Waals surface area contributed by atoms with Crippen LogP contribution in [0.3, 0.4) is 0 Å². The van der Waals surface area contributed by atoms with E-state index in [0.717, 1.165) is 12.0 Å². The zero-order valence-corrected chi connectivity index (χ0v) is 13.3. The van der Waals surface area contributed by atoms with E-state index in [2.05, 4.69) is 0 Å². The molecule has 1 amide bonds. The summed E-state index contributed by atoms with van der Waals surface area (Å²) in [5.74, 6) is -0.539. The van der Waals surface area contributed by atoms with Gasteiger partial charge in [0.15, 0.2) is 0 Å². The molecule has 3 aliphatic rings. The zero-order chi connectivity index (χ0) is 16.0. The van der Waals surface area contributed by atoms with Crippen molar-refractivity contribution in [1.82, 2.24) is 4.90 Å². The Labute approximate surface area is 138 Å². The number of β-lactam (4-membered cyclic amide) rings is 1. The van der Waals surface area contributed by atoms with E-state index in [9.17, 15) is 9.59 Å². The standard InChI is InChI=1S/C16H18N2O4S/c17-11-13(19)18-12(16(23-14(11)18)6-7-21-9-16)15(20)22-8-10-4-2-1-3-5-10/h1-5,11-12,14H,6-9,17H2. The van der Waals surface area contributed by atoms with Crippen LogP contribution < -0.4 is 5.73 Å². The molecule has 0 radical (unpaired) electrons. The number of esters is 1. The van der Waals surface area contributed by atoms with Crippen molar-refractivity contribution in [2.24, 2.45) is 5.73 Å². The quantitative estimate of drug-likeness (QED) is 0.640. The summed E-state index contributed by atoms with van der Waals surface area (Å²) in [5.41, 5.74) is 6.80. The minimum absolute atomic E-state index is 0.140. The number of rotatable bonds is 3. The van der Waals surface area contributed by atoms with E-state index in [1.807, 2.05) is 30.3 Å². The number of hydrogen-bond donors (Lipinski definition) is 1. The van der Waals surface area contributed by atoms with Gasteiger partial charge in [0, 0.05) is 6.61 Å². The molecule has 1 aromatic carbocycles. The number of fused-ring (bicyclic) bond motifs is 1. The molecule has 4 atom stereocenters. The van der Waals surface area contributed by atoms with Crippen molar-refractivity contribution in [2.45, 2.75) is 35.2 Å². The lowest BCUT2D eigenvalue weighted by molar-refractivity contribution is -0.164. The first-order chi connectivity index (χ1) is 11.1. The van der Waals surface area contributed by atoms with Crippen LogP contribution in [0.1, 0.15) is 12.0 Å². The van der Waals surface area contributed by atoms with Crippen molar-refractivity contribution < 1.29 is 19.1 Å². The highest BCUT2D eigenvalue weighted by Gasteiger charge is 2.67. The Balaban J connectivity index is 1.53. The molecule has 3 saturated heterocycles. The maximum absolute atomic E-state index is 12.7. The van der Waals surface area contributed by atoms with E-state index in [0.29, 0.717) is 13.2 Å². The Kier molecular flexibility index (Phi) is 3.59. The van der Waals surface area contributed by atoms with Crippen molar-refractivity contribution in [3.05, 3.63) is 35.9 Å². The van der Waals surface area contributed by atoms with Crippen molar-refractivity contribution >= 4 is 23.6 Å². The van der Waals surface area contributed by atoms with Crippen molar-refractivity contribution in [3.8, 4) is 0 Å². The van der Waals surface area contributed by atoms with E-state index in [1.54, 1.807) is 16.7 Å². The Hall–Kier alpha value is -1.57. The SMILES string of the molecule is NC1C(=O)N2C1SC1(CCOC1)C2C(=O)OCc1ccccc1. The van der Waals surface area contributed by atoms with Gasteiger partial charge in [-0.3, -0.25) is 4.79 Å². The van der Waals surface area contributed by atoms with Crippen LogP contribution in [0, 0.1) is 0 Å². The van der Waals surface area contributed by atoms with Crippen LogP contribution in [0.15, 0.2) is 30.3 Å².